The zero-order valence-corrected chi connectivity index (χ0v) is 10.3. The molecule has 1 aliphatic heterocycles. The molecular weight excluding hydrogens is 206 g/mol. The monoisotopic (exact) mass is 229 g/mol. The molecule has 1 heterocycles. The second-order valence-corrected chi connectivity index (χ2v) is 4.72. The molecule has 0 aromatic carbocycles. The Morgan fingerprint density at radius 2 is 2.25 bits per heavy atom. The summed E-state index contributed by atoms with van der Waals surface area (Å²) < 4.78 is 5.43. The minimum absolute atomic E-state index is 0.124. The van der Waals surface area contributed by atoms with Crippen molar-refractivity contribution in [1.29, 1.82) is 0 Å². The molecule has 1 saturated heterocycles. The second-order valence-electron chi connectivity index (χ2n) is 4.72. The lowest BCUT2D eigenvalue weighted by atomic mass is 10.1. The van der Waals surface area contributed by atoms with Crippen LogP contribution in [0, 0.1) is 5.92 Å². The van der Waals surface area contributed by atoms with Gasteiger partial charge in [0.1, 0.15) is 0 Å². The number of carbonyl (C=O) groups is 1. The van der Waals surface area contributed by atoms with Gasteiger partial charge < -0.3 is 14.7 Å². The summed E-state index contributed by atoms with van der Waals surface area (Å²) >= 11 is 0. The Morgan fingerprint density at radius 3 is 2.81 bits per heavy atom. The summed E-state index contributed by atoms with van der Waals surface area (Å²) in [6.07, 6.45) is 2.77. The molecule has 1 aliphatic rings. The normalized spacial score (nSPS) is 21.1. The Kier molecular flexibility index (Phi) is 5.77. The largest absolute Gasteiger partial charge is 0.396 e. The predicted molar refractivity (Wildman–Crippen MR) is 62.1 cm³/mol. The number of ether oxygens (including phenoxy) is 1. The van der Waals surface area contributed by atoms with Crippen LogP contribution in [-0.2, 0) is 9.53 Å². The summed E-state index contributed by atoms with van der Waals surface area (Å²) in [6, 6.07) is 0. The fourth-order valence-corrected chi connectivity index (χ4v) is 1.92. The maximum Gasteiger partial charge on any atom is 0.223 e. The third-order valence-electron chi connectivity index (χ3n) is 2.83. The zero-order chi connectivity index (χ0) is 12.0. The van der Waals surface area contributed by atoms with E-state index in [2.05, 4.69) is 0 Å². The zero-order valence-electron chi connectivity index (χ0n) is 10.3. The molecule has 0 spiro atoms. The van der Waals surface area contributed by atoms with Gasteiger partial charge >= 0.3 is 0 Å². The average Bonchev–Trinajstić information content (AvgIpc) is 2.59. The molecule has 0 aromatic heterocycles. The summed E-state index contributed by atoms with van der Waals surface area (Å²) in [4.78, 5) is 13.4. The topological polar surface area (TPSA) is 49.8 Å². The lowest BCUT2D eigenvalue weighted by Crippen LogP contribution is -2.26. The molecule has 0 saturated carbocycles. The quantitative estimate of drug-likeness (QED) is 0.663. The summed E-state index contributed by atoms with van der Waals surface area (Å²) in [5, 5.41) is 8.97. The molecule has 94 valence electrons. The molecular formula is C12H23NO3. The van der Waals surface area contributed by atoms with E-state index < -0.39 is 0 Å². The summed E-state index contributed by atoms with van der Waals surface area (Å²) in [5.41, 5.74) is 0. The fraction of sp³-hybridized carbons (Fsp3) is 0.917. The van der Waals surface area contributed by atoms with Crippen molar-refractivity contribution in [2.75, 3.05) is 26.3 Å². The van der Waals surface area contributed by atoms with Crippen molar-refractivity contribution in [3.05, 3.63) is 0 Å². The van der Waals surface area contributed by atoms with Crippen molar-refractivity contribution in [3.8, 4) is 0 Å². The first kappa shape index (κ1) is 13.5. The standard InChI is InChI=1S/C12H23NO3/c1-10(2)16-6-4-3-5-13-8-11(9-14)7-12(13)15/h10-11,14H,3-9H2,1-2H3. The summed E-state index contributed by atoms with van der Waals surface area (Å²) in [7, 11) is 0. The first-order valence-corrected chi connectivity index (χ1v) is 6.13. The van der Waals surface area contributed by atoms with Gasteiger partial charge in [0, 0.05) is 38.6 Å². The van der Waals surface area contributed by atoms with Gasteiger partial charge in [-0.05, 0) is 26.7 Å². The molecule has 1 fully saturated rings. The first-order chi connectivity index (χ1) is 7.63. The van der Waals surface area contributed by atoms with Crippen LogP contribution in [0.1, 0.15) is 33.1 Å². The van der Waals surface area contributed by atoms with Crippen LogP contribution < -0.4 is 0 Å². The van der Waals surface area contributed by atoms with Gasteiger partial charge in [-0.15, -0.1) is 0 Å². The van der Waals surface area contributed by atoms with Gasteiger partial charge in [-0.25, -0.2) is 0 Å². The van der Waals surface area contributed by atoms with E-state index in [1.54, 1.807) is 0 Å². The highest BCUT2D eigenvalue weighted by Gasteiger charge is 2.28. The number of rotatable bonds is 7. The minimum atomic E-state index is 0.124. The number of hydrogen-bond acceptors (Lipinski definition) is 3. The van der Waals surface area contributed by atoms with Gasteiger partial charge in [-0.1, -0.05) is 0 Å². The van der Waals surface area contributed by atoms with Crippen LogP contribution in [0.2, 0.25) is 0 Å². The SMILES string of the molecule is CC(C)OCCCCN1CC(CO)CC1=O. The smallest absolute Gasteiger partial charge is 0.223 e. The highest BCUT2D eigenvalue weighted by molar-refractivity contribution is 5.78. The highest BCUT2D eigenvalue weighted by atomic mass is 16.5. The molecule has 1 amide bonds. The number of unbranched alkanes of at least 4 members (excludes halogenated alkanes) is 1. The minimum Gasteiger partial charge on any atom is -0.396 e. The lowest BCUT2D eigenvalue weighted by molar-refractivity contribution is -0.127. The van der Waals surface area contributed by atoms with Crippen molar-refractivity contribution in [3.63, 3.8) is 0 Å². The van der Waals surface area contributed by atoms with Crippen LogP contribution in [0.4, 0.5) is 0 Å². The molecule has 4 nitrogen and oxygen atoms in total. The van der Waals surface area contributed by atoms with Crippen LogP contribution in [0.25, 0.3) is 0 Å². The van der Waals surface area contributed by atoms with Crippen molar-refractivity contribution < 1.29 is 14.6 Å². The van der Waals surface area contributed by atoms with E-state index in [4.69, 9.17) is 9.84 Å². The average molecular weight is 229 g/mol. The van der Waals surface area contributed by atoms with Crippen molar-refractivity contribution in [2.45, 2.75) is 39.2 Å². The Bertz CT molecular complexity index is 218. The fourth-order valence-electron chi connectivity index (χ4n) is 1.92. The van der Waals surface area contributed by atoms with Gasteiger partial charge in [-0.2, -0.15) is 0 Å². The molecule has 1 unspecified atom stereocenters. The van der Waals surface area contributed by atoms with Crippen LogP contribution in [-0.4, -0.2) is 48.3 Å². The number of nitrogens with zero attached hydrogens (tertiary/aromatic N) is 1. The van der Waals surface area contributed by atoms with Gasteiger partial charge in [0.05, 0.1) is 6.10 Å². The van der Waals surface area contributed by atoms with E-state index in [9.17, 15) is 4.79 Å². The maximum atomic E-state index is 11.5. The second kappa shape index (κ2) is 6.86. The molecule has 1 rings (SSSR count). The van der Waals surface area contributed by atoms with Crippen molar-refractivity contribution in [1.82, 2.24) is 4.90 Å². The predicted octanol–water partition coefficient (Wildman–Crippen LogP) is 1.03. The van der Waals surface area contributed by atoms with E-state index in [1.807, 2.05) is 18.7 Å². The molecule has 1 atom stereocenters. The number of aliphatic hydroxyl groups is 1. The van der Waals surface area contributed by atoms with Gasteiger partial charge in [-0.3, -0.25) is 4.79 Å². The van der Waals surface area contributed by atoms with Crippen LogP contribution in [0.3, 0.4) is 0 Å². The molecule has 0 aromatic rings. The van der Waals surface area contributed by atoms with Gasteiger partial charge in [0.25, 0.3) is 0 Å². The van der Waals surface area contributed by atoms with Crippen molar-refractivity contribution in [2.24, 2.45) is 5.92 Å². The van der Waals surface area contributed by atoms with Gasteiger partial charge in [0.15, 0.2) is 0 Å². The summed E-state index contributed by atoms with van der Waals surface area (Å²) in [5.74, 6) is 0.336. The number of amides is 1. The first-order valence-electron chi connectivity index (χ1n) is 6.13. The van der Waals surface area contributed by atoms with E-state index >= 15 is 0 Å². The number of carbonyl (C=O) groups excluding carboxylic acids is 1. The van der Waals surface area contributed by atoms with E-state index in [0.717, 1.165) is 32.5 Å². The Hall–Kier alpha value is -0.610. The Morgan fingerprint density at radius 1 is 1.50 bits per heavy atom. The maximum absolute atomic E-state index is 11.5. The van der Waals surface area contributed by atoms with Crippen LogP contribution in [0.5, 0.6) is 0 Å². The molecule has 0 aliphatic carbocycles. The molecule has 16 heavy (non-hydrogen) atoms. The number of likely N-dealkylation sites (tertiary alicyclic amines) is 1. The lowest BCUT2D eigenvalue weighted by Gasteiger charge is -2.16. The molecule has 0 bridgehead atoms. The highest BCUT2D eigenvalue weighted by Crippen LogP contribution is 2.17. The summed E-state index contributed by atoms with van der Waals surface area (Å²) in [6.45, 7) is 6.46. The number of aliphatic hydroxyl groups excluding tert-OH is 1. The van der Waals surface area contributed by atoms with E-state index in [1.165, 1.54) is 0 Å². The van der Waals surface area contributed by atoms with Crippen molar-refractivity contribution >= 4 is 5.91 Å². The third-order valence-corrected chi connectivity index (χ3v) is 2.83. The van der Waals surface area contributed by atoms with Gasteiger partial charge in [0.2, 0.25) is 5.91 Å². The Labute approximate surface area is 97.6 Å². The number of hydrogen-bond donors (Lipinski definition) is 1. The molecule has 0 radical (unpaired) electrons. The van der Waals surface area contributed by atoms with E-state index in [-0.39, 0.29) is 24.5 Å². The third kappa shape index (κ3) is 4.49. The van der Waals surface area contributed by atoms with E-state index in [0.29, 0.717) is 6.42 Å². The van der Waals surface area contributed by atoms with Crippen LogP contribution in [0.15, 0.2) is 0 Å². The molecule has 1 N–H and O–H groups in total. The molecule has 4 heteroatoms. The Balaban J connectivity index is 2.07. The van der Waals surface area contributed by atoms with Crippen LogP contribution >= 0.6 is 0 Å².